The van der Waals surface area contributed by atoms with Gasteiger partial charge in [-0.25, -0.2) is 0 Å². The molecule has 0 aliphatic carbocycles. The van der Waals surface area contributed by atoms with Crippen LogP contribution in [0.4, 0.5) is 0 Å². The van der Waals surface area contributed by atoms with E-state index < -0.39 is 18.0 Å². The molecule has 1 atom stereocenters. The predicted molar refractivity (Wildman–Crippen MR) is 36.1 cm³/mol. The molecule has 0 bridgehead atoms. The van der Waals surface area contributed by atoms with Crippen LogP contribution in [0.15, 0.2) is 0 Å². The van der Waals surface area contributed by atoms with Crippen molar-refractivity contribution in [3.05, 3.63) is 0 Å². The molecule has 0 aliphatic rings. The van der Waals surface area contributed by atoms with Gasteiger partial charge in [0.05, 0.1) is 0 Å². The Kier molecular flexibility index (Phi) is 6.41. The monoisotopic (exact) mass is 165 g/mol. The van der Waals surface area contributed by atoms with Gasteiger partial charge in [-0.05, 0) is 6.42 Å². The smallest absolute Gasteiger partial charge is 0.320 e. The van der Waals surface area contributed by atoms with Crippen LogP contribution >= 0.6 is 0 Å². The molecule has 66 valence electrons. The first-order valence-electron chi connectivity index (χ1n) is 2.74. The summed E-state index contributed by atoms with van der Waals surface area (Å²) in [6, 6.07) is -1.06. The zero-order valence-electron chi connectivity index (χ0n) is 5.78. The highest BCUT2D eigenvalue weighted by Crippen LogP contribution is 1.93. The zero-order chi connectivity index (χ0) is 8.15. The number of hydrogen-bond acceptors (Lipinski definition) is 3. The minimum absolute atomic E-state index is 0. The van der Waals surface area contributed by atoms with Crippen molar-refractivity contribution in [2.75, 3.05) is 0 Å². The number of carbonyl (C=O) groups is 2. The Hall–Kier alpha value is -1.14. The molecule has 0 radical (unpaired) electrons. The average molecular weight is 165 g/mol. The maximum Gasteiger partial charge on any atom is 0.320 e. The van der Waals surface area contributed by atoms with Gasteiger partial charge >= 0.3 is 11.9 Å². The fourth-order valence-corrected chi connectivity index (χ4v) is 0.402. The number of carboxylic acids is 2. The molecule has 0 heterocycles. The van der Waals surface area contributed by atoms with Gasteiger partial charge in [0.2, 0.25) is 0 Å². The quantitative estimate of drug-likeness (QED) is 0.463. The molecule has 0 aliphatic heterocycles. The highest BCUT2D eigenvalue weighted by molar-refractivity contribution is 5.74. The number of hydrogen-bond donors (Lipinski definition) is 3. The average Bonchev–Trinajstić information content (AvgIpc) is 1.82. The van der Waals surface area contributed by atoms with E-state index in [1.165, 1.54) is 0 Å². The highest BCUT2D eigenvalue weighted by Gasteiger charge is 2.12. The second kappa shape index (κ2) is 5.63. The summed E-state index contributed by atoms with van der Waals surface area (Å²) >= 11 is 0. The normalized spacial score (nSPS) is 11.4. The van der Waals surface area contributed by atoms with Crippen LogP contribution < -0.4 is 5.73 Å². The summed E-state index contributed by atoms with van der Waals surface area (Å²) in [6.07, 6.45) is -0.224. The molecule has 0 rings (SSSR count). The van der Waals surface area contributed by atoms with Crippen LogP contribution in [-0.2, 0) is 9.59 Å². The predicted octanol–water partition coefficient (Wildman–Crippen LogP) is -1.56. The molecule has 6 heteroatoms. The van der Waals surface area contributed by atoms with E-state index in [0.29, 0.717) is 0 Å². The summed E-state index contributed by atoms with van der Waals surface area (Å²) in [4.78, 5) is 19.9. The lowest BCUT2D eigenvalue weighted by molar-refractivity contribution is -0.139. The van der Waals surface area contributed by atoms with E-state index in [4.69, 9.17) is 15.9 Å². The molecule has 0 aromatic heterocycles. The second-order valence-electron chi connectivity index (χ2n) is 1.88. The van der Waals surface area contributed by atoms with E-state index in [2.05, 4.69) is 0 Å². The van der Waals surface area contributed by atoms with Crippen molar-refractivity contribution in [1.29, 1.82) is 0 Å². The molecule has 0 fully saturated rings. The Labute approximate surface area is 62.9 Å². The summed E-state index contributed by atoms with van der Waals surface area (Å²) in [7, 11) is 0. The van der Waals surface area contributed by atoms with Crippen molar-refractivity contribution in [3.8, 4) is 0 Å². The van der Waals surface area contributed by atoms with Crippen molar-refractivity contribution in [3.63, 3.8) is 0 Å². The van der Waals surface area contributed by atoms with Gasteiger partial charge in [-0.15, -0.1) is 0 Å². The fraction of sp³-hybridized carbons (Fsp3) is 0.600. The summed E-state index contributed by atoms with van der Waals surface area (Å²) in [5, 5.41) is 16.3. The van der Waals surface area contributed by atoms with Crippen molar-refractivity contribution < 1.29 is 25.3 Å². The Bertz CT molecular complexity index is 146. The number of nitrogens with two attached hydrogens (primary N) is 1. The Balaban J connectivity index is 0. The lowest BCUT2D eigenvalue weighted by Crippen LogP contribution is -2.30. The Morgan fingerprint density at radius 2 is 1.82 bits per heavy atom. The summed E-state index contributed by atoms with van der Waals surface area (Å²) in [5.74, 6) is -2.20. The van der Waals surface area contributed by atoms with Crippen LogP contribution in [0.5, 0.6) is 0 Å². The third-order valence-electron chi connectivity index (χ3n) is 0.986. The van der Waals surface area contributed by atoms with Crippen molar-refractivity contribution in [2.45, 2.75) is 18.9 Å². The third kappa shape index (κ3) is 6.75. The van der Waals surface area contributed by atoms with Gasteiger partial charge in [0.1, 0.15) is 6.04 Å². The Morgan fingerprint density at radius 3 is 2.09 bits per heavy atom. The van der Waals surface area contributed by atoms with Crippen LogP contribution in [0, 0.1) is 0 Å². The van der Waals surface area contributed by atoms with Crippen molar-refractivity contribution in [1.82, 2.24) is 0 Å². The topological polar surface area (TPSA) is 132 Å². The molecule has 6 nitrogen and oxygen atoms in total. The van der Waals surface area contributed by atoms with Gasteiger partial charge in [-0.3, -0.25) is 9.59 Å². The molecule has 0 aromatic carbocycles. The van der Waals surface area contributed by atoms with Gasteiger partial charge in [-0.2, -0.15) is 0 Å². The molecule has 0 aromatic rings. The first kappa shape index (κ1) is 12.5. The number of carboxylic acid groups (broad SMARTS) is 2. The molecule has 0 saturated carbocycles. The largest absolute Gasteiger partial charge is 0.481 e. The number of rotatable bonds is 4. The minimum Gasteiger partial charge on any atom is -0.481 e. The Morgan fingerprint density at radius 1 is 1.36 bits per heavy atom. The molecule has 6 N–H and O–H groups in total. The van der Waals surface area contributed by atoms with E-state index >= 15 is 0 Å². The third-order valence-corrected chi connectivity index (χ3v) is 0.986. The lowest BCUT2D eigenvalue weighted by atomic mass is 10.2. The SMILES string of the molecule is NC(CCC(=O)O)C(=O)O.O. The van der Waals surface area contributed by atoms with Gasteiger partial charge in [-0.1, -0.05) is 0 Å². The molecule has 11 heavy (non-hydrogen) atoms. The lowest BCUT2D eigenvalue weighted by Gasteiger charge is -2.01. The molecule has 1 unspecified atom stereocenters. The summed E-state index contributed by atoms with van der Waals surface area (Å²) < 4.78 is 0. The molecule has 0 spiro atoms. The van der Waals surface area contributed by atoms with Crippen LogP contribution in [-0.4, -0.2) is 33.7 Å². The molecular formula is C5H11NO5. The summed E-state index contributed by atoms with van der Waals surface area (Å²) in [6.45, 7) is 0. The first-order valence-corrected chi connectivity index (χ1v) is 2.74. The van der Waals surface area contributed by atoms with Crippen LogP contribution in [0.25, 0.3) is 0 Å². The summed E-state index contributed by atoms with van der Waals surface area (Å²) in [5.41, 5.74) is 5.00. The fourth-order valence-electron chi connectivity index (χ4n) is 0.402. The van der Waals surface area contributed by atoms with E-state index in [1.807, 2.05) is 0 Å². The molecule has 0 saturated heterocycles. The van der Waals surface area contributed by atoms with Gasteiger partial charge in [0.25, 0.3) is 0 Å². The maximum absolute atomic E-state index is 9.99. The van der Waals surface area contributed by atoms with E-state index in [1.54, 1.807) is 0 Å². The first-order chi connectivity index (χ1) is 4.54. The van der Waals surface area contributed by atoms with Crippen molar-refractivity contribution >= 4 is 11.9 Å². The second-order valence-corrected chi connectivity index (χ2v) is 1.88. The van der Waals surface area contributed by atoms with Gasteiger partial charge < -0.3 is 21.4 Å². The van der Waals surface area contributed by atoms with Crippen LogP contribution in [0.2, 0.25) is 0 Å². The van der Waals surface area contributed by atoms with Crippen LogP contribution in [0.1, 0.15) is 12.8 Å². The minimum atomic E-state index is -1.17. The van der Waals surface area contributed by atoms with E-state index in [0.717, 1.165) is 0 Å². The van der Waals surface area contributed by atoms with Gasteiger partial charge in [0.15, 0.2) is 0 Å². The maximum atomic E-state index is 9.99. The number of aliphatic carboxylic acids is 2. The van der Waals surface area contributed by atoms with Gasteiger partial charge in [0, 0.05) is 6.42 Å². The van der Waals surface area contributed by atoms with Crippen molar-refractivity contribution in [2.24, 2.45) is 5.73 Å². The zero-order valence-corrected chi connectivity index (χ0v) is 5.78. The molecule has 0 amide bonds. The van der Waals surface area contributed by atoms with E-state index in [-0.39, 0.29) is 18.3 Å². The van der Waals surface area contributed by atoms with Crippen LogP contribution in [0.3, 0.4) is 0 Å². The van der Waals surface area contributed by atoms with E-state index in [9.17, 15) is 9.59 Å². The highest BCUT2D eigenvalue weighted by atomic mass is 16.4. The standard InChI is InChI=1S/C5H9NO4.H2O/c6-3(5(9)10)1-2-4(7)8;/h3H,1-2,6H2,(H,7,8)(H,9,10);1H2. The molecular weight excluding hydrogens is 154 g/mol.